The zero-order chi connectivity index (χ0) is 14.7. The predicted molar refractivity (Wildman–Crippen MR) is 84.0 cm³/mol. The van der Waals surface area contributed by atoms with Crippen LogP contribution in [-0.2, 0) is 0 Å². The van der Waals surface area contributed by atoms with Crippen LogP contribution in [0.2, 0.25) is 0 Å². The molecule has 0 saturated carbocycles. The van der Waals surface area contributed by atoms with Gasteiger partial charge in [0.2, 0.25) is 0 Å². The summed E-state index contributed by atoms with van der Waals surface area (Å²) in [4.78, 5) is 10.5. The number of nitrogens with zero attached hydrogens (tertiary/aromatic N) is 1. The van der Waals surface area contributed by atoms with Gasteiger partial charge in [0.05, 0.1) is 4.92 Å². The molecule has 0 bridgehead atoms. The van der Waals surface area contributed by atoms with Crippen LogP contribution in [0.15, 0.2) is 46.9 Å². The van der Waals surface area contributed by atoms with Crippen LogP contribution < -0.4 is 5.32 Å². The number of non-ortho nitro benzene ring substituents is 1. The number of anilines is 1. The highest BCUT2D eigenvalue weighted by atomic mass is 79.9. The number of nitro benzene ring substituents is 1. The molecule has 0 radical (unpaired) electrons. The van der Waals surface area contributed by atoms with E-state index in [1.165, 1.54) is 0 Å². The molecule has 0 aromatic heterocycles. The Balaban J connectivity index is 2.21. The lowest BCUT2D eigenvalue weighted by Gasteiger charge is -2.16. The molecular weight excluding hydrogens is 320 g/mol. The summed E-state index contributed by atoms with van der Waals surface area (Å²) in [6, 6.07) is 13.1. The third kappa shape index (κ3) is 3.57. The molecule has 0 aliphatic rings. The number of benzene rings is 2. The molecule has 0 aliphatic heterocycles. The lowest BCUT2D eigenvalue weighted by Crippen LogP contribution is -2.07. The summed E-state index contributed by atoms with van der Waals surface area (Å²) >= 11 is 3.40. The molecule has 20 heavy (non-hydrogen) atoms. The monoisotopic (exact) mass is 334 g/mol. The summed E-state index contributed by atoms with van der Waals surface area (Å²) in [5.74, 6) is 0. The van der Waals surface area contributed by atoms with E-state index >= 15 is 0 Å². The van der Waals surface area contributed by atoms with Gasteiger partial charge in [-0.15, -0.1) is 0 Å². The number of nitro groups is 1. The Morgan fingerprint density at radius 3 is 2.45 bits per heavy atom. The molecule has 0 amide bonds. The first kappa shape index (κ1) is 14.5. The molecule has 0 spiro atoms. The highest BCUT2D eigenvalue weighted by molar-refractivity contribution is 9.10. The quantitative estimate of drug-likeness (QED) is 0.642. The number of hydrogen-bond acceptors (Lipinski definition) is 3. The van der Waals surface area contributed by atoms with E-state index in [1.54, 1.807) is 12.1 Å². The van der Waals surface area contributed by atoms with E-state index < -0.39 is 0 Å². The Hall–Kier alpha value is -1.88. The Labute approximate surface area is 126 Å². The fraction of sp³-hybridized carbons (Fsp3) is 0.200. The van der Waals surface area contributed by atoms with Crippen molar-refractivity contribution in [3.05, 3.63) is 68.2 Å². The fourth-order valence-electron chi connectivity index (χ4n) is 2.04. The van der Waals surface area contributed by atoms with Gasteiger partial charge >= 0.3 is 0 Å². The number of rotatable bonds is 4. The number of nitrogens with one attached hydrogen (secondary N) is 1. The Morgan fingerprint density at radius 2 is 1.85 bits per heavy atom. The Bertz CT molecular complexity index is 626. The maximum atomic E-state index is 10.9. The lowest BCUT2D eigenvalue weighted by atomic mass is 10.1. The molecule has 2 aromatic carbocycles. The van der Waals surface area contributed by atoms with E-state index in [-0.39, 0.29) is 16.7 Å². The highest BCUT2D eigenvalue weighted by Crippen LogP contribution is 2.25. The van der Waals surface area contributed by atoms with E-state index in [9.17, 15) is 10.1 Å². The zero-order valence-electron chi connectivity index (χ0n) is 11.3. The minimum atomic E-state index is -0.373. The molecule has 4 nitrogen and oxygen atoms in total. The largest absolute Gasteiger partial charge is 0.378 e. The average Bonchev–Trinajstić information content (AvgIpc) is 2.38. The summed E-state index contributed by atoms with van der Waals surface area (Å²) < 4.78 is 1.03. The van der Waals surface area contributed by atoms with Gasteiger partial charge in [0.1, 0.15) is 0 Å². The lowest BCUT2D eigenvalue weighted by molar-refractivity contribution is -0.384. The van der Waals surface area contributed by atoms with Crippen LogP contribution in [0.25, 0.3) is 0 Å². The van der Waals surface area contributed by atoms with Crippen LogP contribution in [-0.4, -0.2) is 4.92 Å². The standard InChI is InChI=1S/C15H15BrN2O2/c1-10-7-14(9-15(8-10)18(19)20)17-11(2)12-3-5-13(16)6-4-12/h3-9,11,17H,1-2H3. The normalized spacial score (nSPS) is 11.9. The number of halogens is 1. The smallest absolute Gasteiger partial charge is 0.271 e. The van der Waals surface area contributed by atoms with E-state index in [1.807, 2.05) is 44.2 Å². The first-order valence-electron chi connectivity index (χ1n) is 6.24. The van der Waals surface area contributed by atoms with E-state index in [2.05, 4.69) is 21.2 Å². The molecule has 1 atom stereocenters. The fourth-order valence-corrected chi connectivity index (χ4v) is 2.30. The van der Waals surface area contributed by atoms with Crippen molar-refractivity contribution < 1.29 is 4.92 Å². The molecule has 0 aliphatic carbocycles. The third-order valence-corrected chi connectivity index (χ3v) is 3.55. The van der Waals surface area contributed by atoms with E-state index in [4.69, 9.17) is 0 Å². The average molecular weight is 335 g/mol. The van der Waals surface area contributed by atoms with Gasteiger partial charge in [-0.1, -0.05) is 28.1 Å². The van der Waals surface area contributed by atoms with Crippen molar-refractivity contribution >= 4 is 27.3 Å². The first-order valence-corrected chi connectivity index (χ1v) is 7.03. The molecule has 104 valence electrons. The molecule has 2 rings (SSSR count). The molecule has 1 unspecified atom stereocenters. The number of hydrogen-bond donors (Lipinski definition) is 1. The van der Waals surface area contributed by atoms with Gasteiger partial charge in [0.15, 0.2) is 0 Å². The van der Waals surface area contributed by atoms with Crippen molar-refractivity contribution in [2.24, 2.45) is 0 Å². The maximum Gasteiger partial charge on any atom is 0.271 e. The SMILES string of the molecule is Cc1cc(NC(C)c2ccc(Br)cc2)cc([N+](=O)[O-])c1. The molecular formula is C15H15BrN2O2. The van der Waals surface area contributed by atoms with Crippen molar-refractivity contribution in [3.8, 4) is 0 Å². The minimum absolute atomic E-state index is 0.0736. The number of aryl methyl sites for hydroxylation is 1. The van der Waals surface area contributed by atoms with Gasteiger partial charge in [-0.2, -0.15) is 0 Å². The summed E-state index contributed by atoms with van der Waals surface area (Å²) in [6.45, 7) is 3.87. The summed E-state index contributed by atoms with van der Waals surface area (Å²) in [6.07, 6.45) is 0. The van der Waals surface area contributed by atoms with Crippen LogP contribution >= 0.6 is 15.9 Å². The molecule has 5 heteroatoms. The van der Waals surface area contributed by atoms with Gasteiger partial charge in [-0.05, 0) is 43.2 Å². The van der Waals surface area contributed by atoms with Gasteiger partial charge in [-0.3, -0.25) is 10.1 Å². The van der Waals surface area contributed by atoms with Crippen LogP contribution in [0.3, 0.4) is 0 Å². The summed E-state index contributed by atoms with van der Waals surface area (Å²) in [5, 5.41) is 14.2. The van der Waals surface area contributed by atoms with Gasteiger partial charge < -0.3 is 5.32 Å². The second kappa shape index (κ2) is 6.05. The Kier molecular flexibility index (Phi) is 4.39. The van der Waals surface area contributed by atoms with Gasteiger partial charge in [0.25, 0.3) is 5.69 Å². The highest BCUT2D eigenvalue weighted by Gasteiger charge is 2.10. The molecule has 0 fully saturated rings. The molecule has 1 N–H and O–H groups in total. The third-order valence-electron chi connectivity index (χ3n) is 3.03. The van der Waals surface area contributed by atoms with Crippen molar-refractivity contribution in [1.29, 1.82) is 0 Å². The summed E-state index contributed by atoms with van der Waals surface area (Å²) in [7, 11) is 0. The zero-order valence-corrected chi connectivity index (χ0v) is 12.8. The van der Waals surface area contributed by atoms with Crippen molar-refractivity contribution in [2.75, 3.05) is 5.32 Å². The van der Waals surface area contributed by atoms with Crippen molar-refractivity contribution in [3.63, 3.8) is 0 Å². The second-order valence-electron chi connectivity index (χ2n) is 4.73. The van der Waals surface area contributed by atoms with E-state index in [0.717, 1.165) is 21.3 Å². The molecule has 0 saturated heterocycles. The molecule has 2 aromatic rings. The minimum Gasteiger partial charge on any atom is -0.378 e. The van der Waals surface area contributed by atoms with Crippen LogP contribution in [0.5, 0.6) is 0 Å². The predicted octanol–water partition coefficient (Wildman–Crippen LogP) is 4.84. The molecule has 0 heterocycles. The topological polar surface area (TPSA) is 55.2 Å². The van der Waals surface area contributed by atoms with Crippen molar-refractivity contribution in [2.45, 2.75) is 19.9 Å². The maximum absolute atomic E-state index is 10.9. The van der Waals surface area contributed by atoms with E-state index in [0.29, 0.717) is 0 Å². The van der Waals surface area contributed by atoms with Gasteiger partial charge in [-0.25, -0.2) is 0 Å². The Morgan fingerprint density at radius 1 is 1.20 bits per heavy atom. The van der Waals surface area contributed by atoms with Crippen LogP contribution in [0, 0.1) is 17.0 Å². The van der Waals surface area contributed by atoms with Crippen molar-refractivity contribution in [1.82, 2.24) is 0 Å². The van der Waals surface area contributed by atoms with Gasteiger partial charge in [0, 0.05) is 28.3 Å². The first-order chi connectivity index (χ1) is 9.45. The second-order valence-corrected chi connectivity index (χ2v) is 5.65. The summed E-state index contributed by atoms with van der Waals surface area (Å²) in [5.41, 5.74) is 2.85. The van der Waals surface area contributed by atoms with Crippen LogP contribution in [0.1, 0.15) is 24.1 Å². The van der Waals surface area contributed by atoms with Crippen LogP contribution in [0.4, 0.5) is 11.4 Å².